The summed E-state index contributed by atoms with van der Waals surface area (Å²) in [4.78, 5) is 0.894. The molecule has 0 aliphatic heterocycles. The Morgan fingerprint density at radius 1 is 1.57 bits per heavy atom. The fourth-order valence-electron chi connectivity index (χ4n) is 0.940. The van der Waals surface area contributed by atoms with E-state index < -0.39 is 0 Å². The Bertz CT molecular complexity index is 368. The molecule has 0 saturated carbocycles. The summed E-state index contributed by atoms with van der Waals surface area (Å²) in [6.45, 7) is 1.73. The van der Waals surface area contributed by atoms with Crippen LogP contribution in [0.5, 0.6) is 5.75 Å². The van der Waals surface area contributed by atoms with E-state index in [2.05, 4.69) is 15.9 Å². The molecule has 0 amide bonds. The second-order valence-corrected chi connectivity index (χ2v) is 5.11. The van der Waals surface area contributed by atoms with Crippen LogP contribution in [0.15, 0.2) is 21.5 Å². The fourth-order valence-corrected chi connectivity index (χ4v) is 2.48. The molecule has 1 aromatic carbocycles. The van der Waals surface area contributed by atoms with Crippen molar-refractivity contribution < 1.29 is 4.74 Å². The van der Waals surface area contributed by atoms with Gasteiger partial charge in [0.25, 0.3) is 0 Å². The number of hydrogen-bond donors (Lipinski definition) is 0. The van der Waals surface area contributed by atoms with Gasteiger partial charge in [-0.3, -0.25) is 0 Å². The molecule has 0 aromatic heterocycles. The van der Waals surface area contributed by atoms with E-state index in [1.807, 2.05) is 18.4 Å². The molecule has 1 aromatic rings. The van der Waals surface area contributed by atoms with Crippen LogP contribution in [0.25, 0.3) is 0 Å². The van der Waals surface area contributed by atoms with Gasteiger partial charge in [0, 0.05) is 11.4 Å². The summed E-state index contributed by atoms with van der Waals surface area (Å²) < 4.78 is 6.24. The van der Waals surface area contributed by atoms with Gasteiger partial charge < -0.3 is 4.74 Å². The Balaban J connectivity index is 3.17. The number of thioether (sulfide) groups is 1. The van der Waals surface area contributed by atoms with Crippen LogP contribution in [0.1, 0.15) is 6.92 Å². The van der Waals surface area contributed by atoms with Crippen LogP contribution in [0, 0.1) is 0 Å². The third kappa shape index (κ3) is 2.86. The van der Waals surface area contributed by atoms with Crippen molar-refractivity contribution in [3.8, 4) is 5.75 Å². The monoisotopic (exact) mass is 310 g/mol. The Morgan fingerprint density at radius 2 is 2.21 bits per heavy atom. The lowest BCUT2D eigenvalue weighted by atomic mass is 10.3. The summed E-state index contributed by atoms with van der Waals surface area (Å²) in [5, 5.41) is 1.14. The molecular weight excluding hydrogens is 304 g/mol. The molecule has 0 radical (unpaired) electrons. The lowest BCUT2D eigenvalue weighted by Crippen LogP contribution is -2.00. The highest BCUT2D eigenvalue weighted by Gasteiger charge is 2.11. The molecule has 0 heterocycles. The number of thiocarbonyl (C=S) groups is 1. The van der Waals surface area contributed by atoms with Crippen molar-refractivity contribution in [3.05, 3.63) is 21.6 Å². The lowest BCUT2D eigenvalue weighted by molar-refractivity contribution is 0.547. The molecule has 1 nitrogen and oxygen atoms in total. The topological polar surface area (TPSA) is 9.23 Å². The zero-order chi connectivity index (χ0) is 10.7. The van der Waals surface area contributed by atoms with Crippen molar-refractivity contribution in [1.82, 2.24) is 0 Å². The molecule has 14 heavy (non-hydrogen) atoms. The normalized spacial score (nSPS) is 10.0. The minimum Gasteiger partial charge on any atom is -0.449 e. The Hall–Kier alpha value is 0.230. The number of halogens is 2. The Morgan fingerprint density at radius 3 is 2.71 bits per heavy atom. The van der Waals surface area contributed by atoms with Gasteiger partial charge in [-0.2, -0.15) is 0 Å². The molecule has 76 valence electrons. The third-order valence-electron chi connectivity index (χ3n) is 1.47. The van der Waals surface area contributed by atoms with E-state index in [4.69, 9.17) is 28.6 Å². The molecule has 0 fully saturated rings. The average molecular weight is 312 g/mol. The second-order valence-electron chi connectivity index (χ2n) is 2.49. The van der Waals surface area contributed by atoms with Gasteiger partial charge in [0.2, 0.25) is 0 Å². The van der Waals surface area contributed by atoms with Gasteiger partial charge in [-0.15, -0.1) is 11.8 Å². The summed E-state index contributed by atoms with van der Waals surface area (Å²) in [7, 11) is 0. The van der Waals surface area contributed by atoms with Crippen molar-refractivity contribution in [1.29, 1.82) is 0 Å². The molecule has 1 rings (SSSR count). The Labute approximate surface area is 106 Å². The zero-order valence-corrected chi connectivity index (χ0v) is 11.6. The molecule has 0 spiro atoms. The molecule has 0 aliphatic carbocycles. The standard InChI is InChI=1S/C9H8BrClOS2/c1-5(13)12-7-4-3-6(10)8(11)9(7)14-2/h3-4H,1-2H3. The second kappa shape index (κ2) is 5.35. The van der Waals surface area contributed by atoms with Crippen LogP contribution >= 0.6 is 51.5 Å². The molecule has 0 unspecified atom stereocenters. The number of benzene rings is 1. The van der Waals surface area contributed by atoms with Gasteiger partial charge >= 0.3 is 0 Å². The van der Waals surface area contributed by atoms with Crippen LogP contribution in [-0.4, -0.2) is 11.3 Å². The molecular formula is C9H8BrClOS2. The number of hydrogen-bond acceptors (Lipinski definition) is 3. The summed E-state index contributed by atoms with van der Waals surface area (Å²) in [6.07, 6.45) is 1.94. The third-order valence-corrected chi connectivity index (χ3v) is 3.76. The van der Waals surface area contributed by atoms with E-state index in [-0.39, 0.29) is 0 Å². The molecule has 0 saturated heterocycles. The SMILES string of the molecule is CSc1c(OC(C)=S)ccc(Br)c1Cl. The summed E-state index contributed by atoms with van der Waals surface area (Å²) in [5.41, 5.74) is 0. The molecule has 0 atom stereocenters. The van der Waals surface area contributed by atoms with E-state index in [9.17, 15) is 0 Å². The highest BCUT2D eigenvalue weighted by atomic mass is 79.9. The lowest BCUT2D eigenvalue weighted by Gasteiger charge is -2.10. The smallest absolute Gasteiger partial charge is 0.164 e. The first kappa shape index (κ1) is 12.3. The van der Waals surface area contributed by atoms with Crippen molar-refractivity contribution in [2.75, 3.05) is 6.26 Å². The quantitative estimate of drug-likeness (QED) is 0.586. The first-order valence-corrected chi connectivity index (χ1v) is 6.57. The average Bonchev–Trinajstić information content (AvgIpc) is 2.11. The first-order chi connectivity index (χ1) is 6.56. The minimum atomic E-state index is 0.485. The van der Waals surface area contributed by atoms with E-state index in [1.165, 1.54) is 11.8 Å². The van der Waals surface area contributed by atoms with E-state index in [0.717, 1.165) is 9.37 Å². The van der Waals surface area contributed by atoms with Gasteiger partial charge in [-0.05, 0) is 46.5 Å². The van der Waals surface area contributed by atoms with Gasteiger partial charge in [0.05, 0.1) is 9.92 Å². The van der Waals surface area contributed by atoms with Gasteiger partial charge in [0.1, 0.15) is 5.75 Å². The van der Waals surface area contributed by atoms with E-state index >= 15 is 0 Å². The number of ether oxygens (including phenoxy) is 1. The fraction of sp³-hybridized carbons (Fsp3) is 0.222. The summed E-state index contributed by atoms with van der Waals surface area (Å²) in [6, 6.07) is 3.69. The van der Waals surface area contributed by atoms with Crippen LogP contribution in [0.2, 0.25) is 5.02 Å². The summed E-state index contributed by atoms with van der Waals surface area (Å²) in [5.74, 6) is 0.707. The minimum absolute atomic E-state index is 0.485. The first-order valence-electron chi connectivity index (χ1n) is 3.76. The van der Waals surface area contributed by atoms with Crippen LogP contribution in [0.3, 0.4) is 0 Å². The van der Waals surface area contributed by atoms with Crippen molar-refractivity contribution in [2.24, 2.45) is 0 Å². The largest absolute Gasteiger partial charge is 0.449 e. The molecule has 5 heteroatoms. The Kier molecular flexibility index (Phi) is 4.70. The van der Waals surface area contributed by atoms with Crippen molar-refractivity contribution >= 4 is 56.6 Å². The molecule has 0 aliphatic rings. The maximum absolute atomic E-state index is 6.09. The maximum atomic E-state index is 6.09. The van der Waals surface area contributed by atoms with Crippen LogP contribution in [-0.2, 0) is 0 Å². The zero-order valence-electron chi connectivity index (χ0n) is 7.64. The van der Waals surface area contributed by atoms with Crippen LogP contribution in [0.4, 0.5) is 0 Å². The van der Waals surface area contributed by atoms with Gasteiger partial charge in [0.15, 0.2) is 5.05 Å². The molecule has 0 N–H and O–H groups in total. The van der Waals surface area contributed by atoms with E-state index in [0.29, 0.717) is 15.8 Å². The highest BCUT2D eigenvalue weighted by molar-refractivity contribution is 9.10. The predicted octanol–water partition coefficient (Wildman–Crippen LogP) is 4.55. The number of rotatable bonds is 2. The van der Waals surface area contributed by atoms with Crippen molar-refractivity contribution in [2.45, 2.75) is 11.8 Å². The van der Waals surface area contributed by atoms with Crippen LogP contribution < -0.4 is 4.74 Å². The maximum Gasteiger partial charge on any atom is 0.164 e. The van der Waals surface area contributed by atoms with Crippen molar-refractivity contribution in [3.63, 3.8) is 0 Å². The van der Waals surface area contributed by atoms with Gasteiger partial charge in [-0.25, -0.2) is 0 Å². The molecule has 0 bridgehead atoms. The summed E-state index contributed by atoms with van der Waals surface area (Å²) >= 11 is 15.9. The highest BCUT2D eigenvalue weighted by Crippen LogP contribution is 2.39. The predicted molar refractivity (Wildman–Crippen MR) is 69.8 cm³/mol. The van der Waals surface area contributed by atoms with Gasteiger partial charge in [-0.1, -0.05) is 11.6 Å². The van der Waals surface area contributed by atoms with E-state index in [1.54, 1.807) is 6.92 Å².